The van der Waals surface area contributed by atoms with Crippen molar-refractivity contribution in [2.45, 2.75) is 94.9 Å². The highest BCUT2D eigenvalue weighted by Crippen LogP contribution is 2.12. The van der Waals surface area contributed by atoms with E-state index in [1.165, 1.54) is 19.1 Å². The van der Waals surface area contributed by atoms with Gasteiger partial charge in [0.05, 0.1) is 5.56 Å². The van der Waals surface area contributed by atoms with Crippen molar-refractivity contribution in [1.82, 2.24) is 0 Å². The molecule has 0 N–H and O–H groups in total. The molecule has 4 nitrogen and oxygen atoms in total. The lowest BCUT2D eigenvalue weighted by molar-refractivity contribution is -0.117. The molecule has 0 aliphatic carbocycles. The van der Waals surface area contributed by atoms with Gasteiger partial charge in [-0.3, -0.25) is 9.59 Å². The molecule has 0 heterocycles. The molecule has 0 aliphatic heterocycles. The zero-order valence-corrected chi connectivity index (χ0v) is 21.4. The van der Waals surface area contributed by atoms with E-state index in [1.807, 2.05) is 34.6 Å². The van der Waals surface area contributed by atoms with Crippen LogP contribution in [0.3, 0.4) is 0 Å². The van der Waals surface area contributed by atoms with E-state index in [9.17, 15) is 23.6 Å². The summed E-state index contributed by atoms with van der Waals surface area (Å²) in [5.41, 5.74) is -0.0324. The van der Waals surface area contributed by atoms with Crippen LogP contribution in [0.4, 0.5) is 4.39 Å². The average Bonchev–Trinajstić information content (AvgIpc) is 2.73. The van der Waals surface area contributed by atoms with E-state index < -0.39 is 11.6 Å². The van der Waals surface area contributed by atoms with Crippen LogP contribution < -0.4 is 0 Å². The molecule has 1 rings (SSSR count). The van der Waals surface area contributed by atoms with Gasteiger partial charge in [-0.25, -0.2) is 4.39 Å². The molecule has 0 amide bonds. The van der Waals surface area contributed by atoms with Gasteiger partial charge in [0.1, 0.15) is 17.9 Å². The van der Waals surface area contributed by atoms with Crippen molar-refractivity contribution in [3.8, 4) is 0 Å². The molecular weight excluding hydrogens is 395 g/mol. The molecule has 1 aromatic carbocycles. The summed E-state index contributed by atoms with van der Waals surface area (Å²) in [6, 6.07) is 3.96. The molecule has 0 saturated heterocycles. The third kappa shape index (κ3) is 24.0. The monoisotopic (exact) mass is 440 g/mol. The van der Waals surface area contributed by atoms with Crippen molar-refractivity contribution in [3.05, 3.63) is 35.1 Å². The fourth-order valence-corrected chi connectivity index (χ4v) is 2.05. The number of rotatable bonds is 8. The van der Waals surface area contributed by atoms with E-state index >= 15 is 0 Å². The first kappa shape index (κ1) is 36.2. The Morgan fingerprint density at radius 3 is 1.74 bits per heavy atom. The van der Waals surface area contributed by atoms with Gasteiger partial charge in [-0.05, 0) is 38.7 Å². The second-order valence-corrected chi connectivity index (χ2v) is 7.04. The van der Waals surface area contributed by atoms with Gasteiger partial charge in [-0.15, -0.1) is 0 Å². The number of hydrogen-bond acceptors (Lipinski definition) is 4. The summed E-state index contributed by atoms with van der Waals surface area (Å²) in [5, 5.41) is 0. The van der Waals surface area contributed by atoms with Crippen LogP contribution in [0.2, 0.25) is 0 Å². The molecule has 0 bridgehead atoms. The van der Waals surface area contributed by atoms with Crippen molar-refractivity contribution < 1.29 is 23.6 Å². The molecule has 0 saturated carbocycles. The Labute approximate surface area is 190 Å². The normalized spacial score (nSPS) is 9.68. The van der Waals surface area contributed by atoms with Gasteiger partial charge >= 0.3 is 0 Å². The predicted octanol–water partition coefficient (Wildman–Crippen LogP) is 7.53. The van der Waals surface area contributed by atoms with Crippen molar-refractivity contribution in [2.24, 2.45) is 11.8 Å². The number of Topliss-reactive ketones (excluding diaryl/α,β-unsaturated/α-hetero) is 2. The molecule has 1 aromatic rings. The zero-order chi connectivity index (χ0) is 25.4. The second kappa shape index (κ2) is 25.9. The van der Waals surface area contributed by atoms with E-state index in [0.717, 1.165) is 37.5 Å². The molecule has 31 heavy (non-hydrogen) atoms. The molecule has 0 radical (unpaired) electrons. The van der Waals surface area contributed by atoms with Gasteiger partial charge in [-0.1, -0.05) is 73.9 Å². The summed E-state index contributed by atoms with van der Waals surface area (Å²) in [6.07, 6.45) is 4.64. The Kier molecular flexibility index (Phi) is 30.2. The number of halogens is 1. The summed E-state index contributed by atoms with van der Waals surface area (Å²) < 4.78 is 12.9. The lowest BCUT2D eigenvalue weighted by Crippen LogP contribution is -2.03. The van der Waals surface area contributed by atoms with Crippen LogP contribution in [-0.4, -0.2) is 24.1 Å². The first-order valence-electron chi connectivity index (χ1n) is 11.3. The second-order valence-electron chi connectivity index (χ2n) is 7.04. The Morgan fingerprint density at radius 2 is 1.45 bits per heavy atom. The van der Waals surface area contributed by atoms with E-state index in [1.54, 1.807) is 6.92 Å². The van der Waals surface area contributed by atoms with Gasteiger partial charge in [0.15, 0.2) is 12.1 Å². The zero-order valence-electron chi connectivity index (χ0n) is 21.4. The number of carbonyl (C=O) groups is 4. The molecule has 5 heteroatoms. The first-order chi connectivity index (χ1) is 14.6. The average molecular weight is 441 g/mol. The highest BCUT2D eigenvalue weighted by atomic mass is 19.1. The minimum Gasteiger partial charge on any atom is -0.303 e. The van der Waals surface area contributed by atoms with Crippen molar-refractivity contribution in [3.63, 3.8) is 0 Å². The van der Waals surface area contributed by atoms with E-state index in [4.69, 9.17) is 0 Å². The Morgan fingerprint density at radius 1 is 0.968 bits per heavy atom. The van der Waals surface area contributed by atoms with Crippen molar-refractivity contribution in [2.75, 3.05) is 0 Å². The maximum Gasteiger partial charge on any atom is 0.163 e. The van der Waals surface area contributed by atoms with Crippen LogP contribution in [0, 0.1) is 17.7 Å². The van der Waals surface area contributed by atoms with Gasteiger partial charge in [0.25, 0.3) is 0 Å². The third-order valence-electron chi connectivity index (χ3n) is 3.24. The summed E-state index contributed by atoms with van der Waals surface area (Å²) >= 11 is 0. The number of carbonyl (C=O) groups excluding carboxylic acids is 4. The van der Waals surface area contributed by atoms with Gasteiger partial charge in [-0.2, -0.15) is 0 Å². The lowest BCUT2D eigenvalue weighted by Gasteiger charge is -2.05. The SMILES string of the molecule is CC.CC.CC(=O)c1c(F)cccc1C=O.CC(C)C.CCCC(C=O)CCC(C)=O. The maximum atomic E-state index is 12.9. The Bertz CT molecular complexity index is 592. The highest BCUT2D eigenvalue weighted by molar-refractivity contribution is 6.01. The van der Waals surface area contributed by atoms with Crippen molar-refractivity contribution in [1.29, 1.82) is 0 Å². The highest BCUT2D eigenvalue weighted by Gasteiger charge is 2.11. The fourth-order valence-electron chi connectivity index (χ4n) is 2.05. The number of benzene rings is 1. The van der Waals surface area contributed by atoms with Gasteiger partial charge in [0.2, 0.25) is 0 Å². The van der Waals surface area contributed by atoms with E-state index in [-0.39, 0.29) is 22.8 Å². The number of aldehydes is 2. The molecule has 0 aromatic heterocycles. The lowest BCUT2D eigenvalue weighted by atomic mass is 9.99. The summed E-state index contributed by atoms with van der Waals surface area (Å²) in [5.74, 6) is 0.0270. The quantitative estimate of drug-likeness (QED) is 0.309. The Balaban J connectivity index is -0.000000177. The van der Waals surface area contributed by atoms with Gasteiger partial charge in [0, 0.05) is 17.9 Å². The minimum absolute atomic E-state index is 0.0995. The van der Waals surface area contributed by atoms with E-state index in [2.05, 4.69) is 20.8 Å². The van der Waals surface area contributed by atoms with Crippen molar-refractivity contribution >= 4 is 24.1 Å². The van der Waals surface area contributed by atoms with Crippen LogP contribution in [0.5, 0.6) is 0 Å². The maximum absolute atomic E-state index is 12.9. The summed E-state index contributed by atoms with van der Waals surface area (Å²) in [6.45, 7) is 19.3. The molecule has 0 aliphatic rings. The molecule has 1 unspecified atom stereocenters. The molecule has 1 atom stereocenters. The largest absolute Gasteiger partial charge is 0.303 e. The van der Waals surface area contributed by atoms with E-state index in [0.29, 0.717) is 12.7 Å². The molecule has 0 spiro atoms. The smallest absolute Gasteiger partial charge is 0.163 e. The summed E-state index contributed by atoms with van der Waals surface area (Å²) in [7, 11) is 0. The molecule has 180 valence electrons. The Hall–Kier alpha value is -2.17. The van der Waals surface area contributed by atoms with Crippen LogP contribution in [-0.2, 0) is 9.59 Å². The standard InChI is InChI=1S/C9H7FO2.C9H16O2.C4H10.2C2H6/c1-6(12)9-7(5-11)3-2-4-8(9)10;1-3-4-9(7-10)6-5-8(2)11;1-4(2)3;2*1-2/h2-5H,1H3;7,9H,3-6H2,1-2H3;4H,1-3H3;2*1-2H3. The van der Waals surface area contributed by atoms with Crippen LogP contribution >= 0.6 is 0 Å². The summed E-state index contributed by atoms with van der Waals surface area (Å²) in [4.78, 5) is 42.2. The van der Waals surface area contributed by atoms with Crippen LogP contribution in [0.25, 0.3) is 0 Å². The predicted molar refractivity (Wildman–Crippen MR) is 129 cm³/mol. The number of ketones is 2. The first-order valence-corrected chi connectivity index (χ1v) is 11.3. The minimum atomic E-state index is -0.646. The molecular formula is C26H45FO4. The third-order valence-corrected chi connectivity index (χ3v) is 3.24. The fraction of sp³-hybridized carbons (Fsp3) is 0.615. The molecule has 0 fully saturated rings. The number of hydrogen-bond donors (Lipinski definition) is 0. The van der Waals surface area contributed by atoms with Gasteiger partial charge < -0.3 is 9.59 Å². The van der Waals surface area contributed by atoms with Crippen LogP contribution in [0.1, 0.15) is 116 Å². The van der Waals surface area contributed by atoms with Crippen LogP contribution in [0.15, 0.2) is 18.2 Å². The topological polar surface area (TPSA) is 68.3 Å².